The second-order valence-electron chi connectivity index (χ2n) is 4.57. The van der Waals surface area contributed by atoms with Crippen LogP contribution < -0.4 is 11.1 Å². The van der Waals surface area contributed by atoms with Gasteiger partial charge in [-0.1, -0.05) is 0 Å². The molecule has 3 N–H and O–H groups in total. The molecular weight excluding hydrogens is 303 g/mol. The summed E-state index contributed by atoms with van der Waals surface area (Å²) in [5.41, 5.74) is 5.99. The van der Waals surface area contributed by atoms with Gasteiger partial charge in [0.2, 0.25) is 5.91 Å². The molecule has 0 aliphatic carbocycles. The number of esters is 1. The van der Waals surface area contributed by atoms with Crippen molar-refractivity contribution < 1.29 is 23.5 Å². The van der Waals surface area contributed by atoms with Gasteiger partial charge in [0, 0.05) is 11.3 Å². The molecule has 23 heavy (non-hydrogen) atoms. The van der Waals surface area contributed by atoms with Gasteiger partial charge in [-0.15, -0.1) is 0 Å². The number of hydrogen-bond donors (Lipinski definition) is 2. The van der Waals surface area contributed by atoms with Crippen LogP contribution in [0.3, 0.4) is 0 Å². The van der Waals surface area contributed by atoms with Gasteiger partial charge in [0.05, 0.1) is 5.56 Å². The first-order chi connectivity index (χ1) is 11.0. The van der Waals surface area contributed by atoms with Crippen molar-refractivity contribution in [3.05, 3.63) is 65.5 Å². The number of amides is 2. The summed E-state index contributed by atoms with van der Waals surface area (Å²) in [4.78, 5) is 34.3. The lowest BCUT2D eigenvalue weighted by molar-refractivity contribution is -0.119. The quantitative estimate of drug-likeness (QED) is 0.821. The molecular formula is C16H13FN2O4. The lowest BCUT2D eigenvalue weighted by atomic mass is 10.2. The van der Waals surface area contributed by atoms with Gasteiger partial charge in [-0.25, -0.2) is 9.18 Å². The molecule has 0 aromatic heterocycles. The second-order valence-corrected chi connectivity index (χ2v) is 4.57. The van der Waals surface area contributed by atoms with E-state index in [-0.39, 0.29) is 5.56 Å². The van der Waals surface area contributed by atoms with Gasteiger partial charge >= 0.3 is 5.97 Å². The standard InChI is InChI=1S/C16H13FN2O4/c17-12-5-1-11(2-6-12)16(22)23-9-14(20)19-13-7-3-10(4-8-13)15(18)21/h1-8H,9H2,(H2,18,21)(H,19,20). The van der Waals surface area contributed by atoms with E-state index in [2.05, 4.69) is 5.32 Å². The SMILES string of the molecule is NC(=O)c1ccc(NC(=O)COC(=O)c2ccc(F)cc2)cc1. The molecule has 2 amide bonds. The first kappa shape index (κ1) is 16.2. The largest absolute Gasteiger partial charge is 0.452 e. The fourth-order valence-corrected chi connectivity index (χ4v) is 1.72. The fourth-order valence-electron chi connectivity index (χ4n) is 1.72. The van der Waals surface area contributed by atoms with Crippen LogP contribution in [0.1, 0.15) is 20.7 Å². The summed E-state index contributed by atoms with van der Waals surface area (Å²) in [5.74, 6) is -2.33. The molecule has 6 nitrogen and oxygen atoms in total. The number of carbonyl (C=O) groups is 3. The van der Waals surface area contributed by atoms with Gasteiger partial charge in [-0.05, 0) is 48.5 Å². The summed E-state index contributed by atoms with van der Waals surface area (Å²) in [5, 5.41) is 2.50. The van der Waals surface area contributed by atoms with Gasteiger partial charge in [-0.2, -0.15) is 0 Å². The smallest absolute Gasteiger partial charge is 0.338 e. The van der Waals surface area contributed by atoms with E-state index < -0.39 is 30.2 Å². The zero-order chi connectivity index (χ0) is 16.8. The predicted octanol–water partition coefficient (Wildman–Crippen LogP) is 1.72. The Bertz CT molecular complexity index is 727. The van der Waals surface area contributed by atoms with Crippen molar-refractivity contribution in [3.8, 4) is 0 Å². The summed E-state index contributed by atoms with van der Waals surface area (Å²) in [6.45, 7) is -0.492. The minimum atomic E-state index is -0.732. The number of rotatable bonds is 5. The van der Waals surface area contributed by atoms with Crippen molar-refractivity contribution in [2.24, 2.45) is 5.73 Å². The van der Waals surface area contributed by atoms with Gasteiger partial charge in [-0.3, -0.25) is 9.59 Å². The summed E-state index contributed by atoms with van der Waals surface area (Å²) in [6, 6.07) is 10.7. The molecule has 7 heteroatoms. The number of primary amides is 1. The molecule has 0 unspecified atom stereocenters. The Hall–Kier alpha value is -3.22. The van der Waals surface area contributed by atoms with Crippen molar-refractivity contribution in [1.29, 1.82) is 0 Å². The van der Waals surface area contributed by atoms with Gasteiger partial charge in [0.1, 0.15) is 5.82 Å². The van der Waals surface area contributed by atoms with Crippen LogP contribution in [0.4, 0.5) is 10.1 Å². The van der Waals surface area contributed by atoms with Crippen LogP contribution in [0.25, 0.3) is 0 Å². The maximum absolute atomic E-state index is 12.7. The minimum absolute atomic E-state index is 0.144. The third kappa shape index (κ3) is 4.63. The van der Waals surface area contributed by atoms with Crippen LogP contribution >= 0.6 is 0 Å². The van der Waals surface area contributed by atoms with Crippen molar-refractivity contribution in [1.82, 2.24) is 0 Å². The van der Waals surface area contributed by atoms with Gasteiger partial charge < -0.3 is 15.8 Å². The Kier molecular flexibility index (Phi) is 5.03. The Morgan fingerprint density at radius 2 is 1.52 bits per heavy atom. The molecule has 0 aliphatic heterocycles. The molecule has 0 heterocycles. The summed E-state index contributed by atoms with van der Waals surface area (Å²) < 4.78 is 17.6. The van der Waals surface area contributed by atoms with Crippen molar-refractivity contribution in [3.63, 3.8) is 0 Å². The Morgan fingerprint density at radius 1 is 0.957 bits per heavy atom. The Balaban J connectivity index is 1.86. The van der Waals surface area contributed by atoms with E-state index >= 15 is 0 Å². The lowest BCUT2D eigenvalue weighted by Crippen LogP contribution is -2.21. The van der Waals surface area contributed by atoms with Crippen LogP contribution in [0.5, 0.6) is 0 Å². The molecule has 118 valence electrons. The van der Waals surface area contributed by atoms with Gasteiger partial charge in [0.25, 0.3) is 5.91 Å². The Morgan fingerprint density at radius 3 is 2.09 bits per heavy atom. The van der Waals surface area contributed by atoms with Crippen LogP contribution in [0, 0.1) is 5.82 Å². The number of benzene rings is 2. The van der Waals surface area contributed by atoms with E-state index in [1.165, 1.54) is 36.4 Å². The number of nitrogens with one attached hydrogen (secondary N) is 1. The maximum atomic E-state index is 12.7. The summed E-state index contributed by atoms with van der Waals surface area (Å²) in [7, 11) is 0. The highest BCUT2D eigenvalue weighted by Crippen LogP contribution is 2.09. The number of nitrogens with two attached hydrogens (primary N) is 1. The normalized spacial score (nSPS) is 9.96. The minimum Gasteiger partial charge on any atom is -0.452 e. The second kappa shape index (κ2) is 7.17. The molecule has 2 rings (SSSR count). The average molecular weight is 316 g/mol. The number of carbonyl (C=O) groups excluding carboxylic acids is 3. The monoisotopic (exact) mass is 316 g/mol. The van der Waals surface area contributed by atoms with E-state index in [0.717, 1.165) is 12.1 Å². The molecule has 0 atom stereocenters. The summed E-state index contributed by atoms with van der Waals surface area (Å²) >= 11 is 0. The van der Waals surface area contributed by atoms with E-state index in [4.69, 9.17) is 10.5 Å². The van der Waals surface area contributed by atoms with Crippen LogP contribution in [0.2, 0.25) is 0 Å². The first-order valence-corrected chi connectivity index (χ1v) is 6.58. The number of anilines is 1. The molecule has 0 radical (unpaired) electrons. The number of ether oxygens (including phenoxy) is 1. The highest BCUT2D eigenvalue weighted by molar-refractivity contribution is 5.96. The lowest BCUT2D eigenvalue weighted by Gasteiger charge is -2.07. The van der Waals surface area contributed by atoms with Crippen molar-refractivity contribution in [2.45, 2.75) is 0 Å². The molecule has 0 aliphatic rings. The average Bonchev–Trinajstić information content (AvgIpc) is 2.54. The molecule has 2 aromatic rings. The van der Waals surface area contributed by atoms with Crippen LogP contribution in [-0.4, -0.2) is 24.4 Å². The Labute approximate surface area is 131 Å². The molecule has 0 spiro atoms. The predicted molar refractivity (Wildman–Crippen MR) is 80.3 cm³/mol. The zero-order valence-corrected chi connectivity index (χ0v) is 11.9. The van der Waals surface area contributed by atoms with Crippen LogP contribution in [0.15, 0.2) is 48.5 Å². The third-order valence-corrected chi connectivity index (χ3v) is 2.87. The molecule has 0 saturated carbocycles. The molecule has 0 bridgehead atoms. The van der Waals surface area contributed by atoms with E-state index in [1.807, 2.05) is 0 Å². The summed E-state index contributed by atoms with van der Waals surface area (Å²) in [6.07, 6.45) is 0. The van der Waals surface area contributed by atoms with Crippen molar-refractivity contribution >= 4 is 23.5 Å². The topological polar surface area (TPSA) is 98.5 Å². The van der Waals surface area contributed by atoms with Crippen LogP contribution in [-0.2, 0) is 9.53 Å². The number of halogens is 1. The van der Waals surface area contributed by atoms with Gasteiger partial charge in [0.15, 0.2) is 6.61 Å². The van der Waals surface area contributed by atoms with E-state index in [9.17, 15) is 18.8 Å². The number of hydrogen-bond acceptors (Lipinski definition) is 4. The fraction of sp³-hybridized carbons (Fsp3) is 0.0625. The van der Waals surface area contributed by atoms with E-state index in [0.29, 0.717) is 11.3 Å². The van der Waals surface area contributed by atoms with Crippen molar-refractivity contribution in [2.75, 3.05) is 11.9 Å². The highest BCUT2D eigenvalue weighted by Gasteiger charge is 2.10. The highest BCUT2D eigenvalue weighted by atomic mass is 19.1. The van der Waals surface area contributed by atoms with E-state index in [1.54, 1.807) is 0 Å². The third-order valence-electron chi connectivity index (χ3n) is 2.87. The molecule has 0 saturated heterocycles. The first-order valence-electron chi connectivity index (χ1n) is 6.58. The zero-order valence-electron chi connectivity index (χ0n) is 11.9. The molecule has 2 aromatic carbocycles. The molecule has 0 fully saturated rings. The maximum Gasteiger partial charge on any atom is 0.338 e.